The number of aryl methyl sites for hydroxylation is 1. The Kier molecular flexibility index (Phi) is 5.19. The van der Waals surface area contributed by atoms with Crippen LogP contribution >= 0.6 is 11.3 Å². The maximum absolute atomic E-state index is 11.8. The summed E-state index contributed by atoms with van der Waals surface area (Å²) in [6.07, 6.45) is 1.27. The van der Waals surface area contributed by atoms with Crippen molar-refractivity contribution < 1.29 is 14.3 Å². The molecule has 3 nitrogen and oxygen atoms in total. The Balaban J connectivity index is 2.50. The summed E-state index contributed by atoms with van der Waals surface area (Å²) in [6.45, 7) is 4.14. The van der Waals surface area contributed by atoms with E-state index in [-0.39, 0.29) is 24.6 Å². The zero-order valence-electron chi connectivity index (χ0n) is 9.62. The van der Waals surface area contributed by atoms with Gasteiger partial charge in [0.15, 0.2) is 5.78 Å². The summed E-state index contributed by atoms with van der Waals surface area (Å²) >= 11 is 1.45. The first kappa shape index (κ1) is 12.9. The second-order valence-electron chi connectivity index (χ2n) is 3.36. The highest BCUT2D eigenvalue weighted by atomic mass is 32.1. The SMILES string of the molecule is CCOC(=O)CCC(=O)c1sccc1CC. The van der Waals surface area contributed by atoms with Gasteiger partial charge in [0.1, 0.15) is 0 Å². The summed E-state index contributed by atoms with van der Waals surface area (Å²) in [6, 6.07) is 1.96. The molecule has 4 heteroatoms. The molecule has 0 bridgehead atoms. The van der Waals surface area contributed by atoms with E-state index < -0.39 is 0 Å². The molecule has 16 heavy (non-hydrogen) atoms. The van der Waals surface area contributed by atoms with Crippen molar-refractivity contribution in [1.82, 2.24) is 0 Å². The van der Waals surface area contributed by atoms with Crippen LogP contribution in [0.2, 0.25) is 0 Å². The van der Waals surface area contributed by atoms with Crippen LogP contribution in [0.4, 0.5) is 0 Å². The summed E-state index contributed by atoms with van der Waals surface area (Å²) in [5.41, 5.74) is 1.07. The second-order valence-corrected chi connectivity index (χ2v) is 4.27. The van der Waals surface area contributed by atoms with Gasteiger partial charge in [-0.2, -0.15) is 0 Å². The van der Waals surface area contributed by atoms with Crippen LogP contribution in [-0.4, -0.2) is 18.4 Å². The Labute approximate surface area is 99.4 Å². The molecule has 0 aliphatic rings. The lowest BCUT2D eigenvalue weighted by Gasteiger charge is -2.01. The summed E-state index contributed by atoms with van der Waals surface area (Å²) in [4.78, 5) is 23.7. The van der Waals surface area contributed by atoms with Gasteiger partial charge in [0, 0.05) is 6.42 Å². The largest absolute Gasteiger partial charge is 0.466 e. The number of Topliss-reactive ketones (excluding diaryl/α,β-unsaturated/α-hetero) is 1. The number of ether oxygens (including phenoxy) is 1. The van der Waals surface area contributed by atoms with Crippen molar-refractivity contribution in [3.63, 3.8) is 0 Å². The number of thiophene rings is 1. The van der Waals surface area contributed by atoms with E-state index >= 15 is 0 Å². The number of rotatable bonds is 6. The molecule has 88 valence electrons. The highest BCUT2D eigenvalue weighted by Gasteiger charge is 2.13. The Morgan fingerprint density at radius 2 is 2.06 bits per heavy atom. The van der Waals surface area contributed by atoms with E-state index in [2.05, 4.69) is 0 Å². The average molecular weight is 240 g/mol. The van der Waals surface area contributed by atoms with Crippen LogP contribution in [0.1, 0.15) is 41.9 Å². The second kappa shape index (κ2) is 6.43. The Morgan fingerprint density at radius 1 is 1.31 bits per heavy atom. The number of carbonyl (C=O) groups is 2. The molecule has 0 spiro atoms. The van der Waals surface area contributed by atoms with Crippen LogP contribution in [0.5, 0.6) is 0 Å². The third-order valence-corrected chi connectivity index (χ3v) is 3.24. The van der Waals surface area contributed by atoms with Crippen LogP contribution in [0.15, 0.2) is 11.4 Å². The van der Waals surface area contributed by atoms with Crippen molar-refractivity contribution in [2.75, 3.05) is 6.61 Å². The summed E-state index contributed by atoms with van der Waals surface area (Å²) < 4.78 is 4.78. The van der Waals surface area contributed by atoms with E-state index in [9.17, 15) is 9.59 Å². The van der Waals surface area contributed by atoms with Crippen molar-refractivity contribution >= 4 is 23.1 Å². The average Bonchev–Trinajstić information content (AvgIpc) is 2.74. The molecule has 0 atom stereocenters. The molecule has 0 N–H and O–H groups in total. The summed E-state index contributed by atoms with van der Waals surface area (Å²) in [5.74, 6) is -0.259. The fraction of sp³-hybridized carbons (Fsp3) is 0.500. The van der Waals surface area contributed by atoms with Gasteiger partial charge in [0.2, 0.25) is 0 Å². The molecule has 0 fully saturated rings. The van der Waals surface area contributed by atoms with Crippen LogP contribution in [0.25, 0.3) is 0 Å². The molecule has 0 aliphatic heterocycles. The number of esters is 1. The minimum Gasteiger partial charge on any atom is -0.466 e. The van der Waals surface area contributed by atoms with E-state index in [0.717, 1.165) is 16.9 Å². The van der Waals surface area contributed by atoms with Crippen molar-refractivity contribution in [3.8, 4) is 0 Å². The van der Waals surface area contributed by atoms with E-state index in [4.69, 9.17) is 4.74 Å². The Bertz CT molecular complexity index is 368. The fourth-order valence-corrected chi connectivity index (χ4v) is 2.39. The standard InChI is InChI=1S/C12H16O3S/c1-3-9-7-8-16-12(9)10(13)5-6-11(14)15-4-2/h7-8H,3-6H2,1-2H3. The molecule has 1 rings (SSSR count). The molecule has 1 heterocycles. The molecule has 0 radical (unpaired) electrons. The van der Waals surface area contributed by atoms with Crippen molar-refractivity contribution in [1.29, 1.82) is 0 Å². The van der Waals surface area contributed by atoms with Crippen molar-refractivity contribution in [2.45, 2.75) is 33.1 Å². The normalized spacial score (nSPS) is 10.1. The Hall–Kier alpha value is -1.16. The zero-order chi connectivity index (χ0) is 12.0. The van der Waals surface area contributed by atoms with E-state index in [1.54, 1.807) is 6.92 Å². The van der Waals surface area contributed by atoms with Crippen molar-refractivity contribution in [3.05, 3.63) is 21.9 Å². The maximum atomic E-state index is 11.8. The zero-order valence-corrected chi connectivity index (χ0v) is 10.4. The molecule has 0 aliphatic carbocycles. The minimum absolute atomic E-state index is 0.0416. The van der Waals surface area contributed by atoms with Gasteiger partial charge in [-0.15, -0.1) is 11.3 Å². The first-order valence-corrected chi connectivity index (χ1v) is 6.32. The summed E-state index contributed by atoms with van der Waals surface area (Å²) in [7, 11) is 0. The number of carbonyl (C=O) groups excluding carboxylic acids is 2. The highest BCUT2D eigenvalue weighted by molar-refractivity contribution is 7.12. The first-order valence-electron chi connectivity index (χ1n) is 5.44. The third kappa shape index (κ3) is 3.45. The topological polar surface area (TPSA) is 43.4 Å². The molecule has 0 unspecified atom stereocenters. The predicted octanol–water partition coefficient (Wildman–Crippen LogP) is 2.84. The number of hydrogen-bond acceptors (Lipinski definition) is 4. The lowest BCUT2D eigenvalue weighted by molar-refractivity contribution is -0.143. The molecule has 0 amide bonds. The smallest absolute Gasteiger partial charge is 0.306 e. The Morgan fingerprint density at radius 3 is 2.69 bits per heavy atom. The number of ketones is 1. The van der Waals surface area contributed by atoms with E-state index in [0.29, 0.717) is 6.61 Å². The van der Waals surface area contributed by atoms with Gasteiger partial charge >= 0.3 is 5.97 Å². The quantitative estimate of drug-likeness (QED) is 0.567. The lowest BCUT2D eigenvalue weighted by Crippen LogP contribution is -2.08. The van der Waals surface area contributed by atoms with Gasteiger partial charge in [0.25, 0.3) is 0 Å². The highest BCUT2D eigenvalue weighted by Crippen LogP contribution is 2.19. The van der Waals surface area contributed by atoms with Crippen LogP contribution in [-0.2, 0) is 16.0 Å². The van der Waals surface area contributed by atoms with Gasteiger partial charge in [-0.1, -0.05) is 6.92 Å². The fourth-order valence-electron chi connectivity index (χ4n) is 1.42. The molecular weight excluding hydrogens is 224 g/mol. The molecule has 0 aromatic carbocycles. The number of hydrogen-bond donors (Lipinski definition) is 0. The van der Waals surface area contributed by atoms with Crippen LogP contribution in [0, 0.1) is 0 Å². The van der Waals surface area contributed by atoms with E-state index in [1.165, 1.54) is 11.3 Å². The third-order valence-electron chi connectivity index (χ3n) is 2.24. The van der Waals surface area contributed by atoms with Crippen LogP contribution in [0.3, 0.4) is 0 Å². The minimum atomic E-state index is -0.301. The summed E-state index contributed by atoms with van der Waals surface area (Å²) in [5, 5.41) is 1.91. The van der Waals surface area contributed by atoms with Gasteiger partial charge in [-0.3, -0.25) is 9.59 Å². The lowest BCUT2D eigenvalue weighted by atomic mass is 10.1. The van der Waals surface area contributed by atoms with Crippen molar-refractivity contribution in [2.24, 2.45) is 0 Å². The molecule has 1 aromatic heterocycles. The molecule has 1 aromatic rings. The monoisotopic (exact) mass is 240 g/mol. The van der Waals surface area contributed by atoms with E-state index in [1.807, 2.05) is 18.4 Å². The molecular formula is C12H16O3S. The molecule has 0 saturated heterocycles. The predicted molar refractivity (Wildman–Crippen MR) is 63.9 cm³/mol. The van der Waals surface area contributed by atoms with Gasteiger partial charge < -0.3 is 4.74 Å². The maximum Gasteiger partial charge on any atom is 0.306 e. The van der Waals surface area contributed by atoms with Gasteiger partial charge in [-0.25, -0.2) is 0 Å². The van der Waals surface area contributed by atoms with Gasteiger partial charge in [0.05, 0.1) is 17.9 Å². The van der Waals surface area contributed by atoms with Crippen LogP contribution < -0.4 is 0 Å². The molecule has 0 saturated carbocycles. The van der Waals surface area contributed by atoms with Gasteiger partial charge in [-0.05, 0) is 30.4 Å². The first-order chi connectivity index (χ1) is 7.69.